The van der Waals surface area contributed by atoms with Crippen LogP contribution >= 0.6 is 0 Å². The van der Waals surface area contributed by atoms with Crippen LogP contribution in [0.1, 0.15) is 27.5 Å². The highest BCUT2D eigenvalue weighted by Crippen LogP contribution is 2.39. The van der Waals surface area contributed by atoms with Crippen LogP contribution in [0.25, 0.3) is 0 Å². The van der Waals surface area contributed by atoms with Crippen LogP contribution < -0.4 is 14.2 Å². The zero-order valence-electron chi connectivity index (χ0n) is 12.6. The second-order valence-corrected chi connectivity index (χ2v) is 5.44. The Kier molecular flexibility index (Phi) is 3.26. The SMILES string of the molecule is COc1ccc(C(=O)C2N=CCc3cc4c(cc32)OCO4)cc1. The molecule has 0 aliphatic carbocycles. The van der Waals surface area contributed by atoms with Crippen molar-refractivity contribution >= 4 is 12.0 Å². The highest BCUT2D eigenvalue weighted by atomic mass is 16.7. The van der Waals surface area contributed by atoms with Gasteiger partial charge in [-0.1, -0.05) is 0 Å². The van der Waals surface area contributed by atoms with Gasteiger partial charge in [-0.2, -0.15) is 0 Å². The maximum absolute atomic E-state index is 12.8. The van der Waals surface area contributed by atoms with E-state index in [1.807, 2.05) is 12.1 Å². The van der Waals surface area contributed by atoms with Gasteiger partial charge in [-0.05, 0) is 47.5 Å². The maximum Gasteiger partial charge on any atom is 0.231 e. The molecule has 2 aliphatic rings. The molecule has 1 atom stereocenters. The van der Waals surface area contributed by atoms with E-state index < -0.39 is 6.04 Å². The molecule has 0 saturated carbocycles. The van der Waals surface area contributed by atoms with Gasteiger partial charge in [-0.3, -0.25) is 9.79 Å². The summed E-state index contributed by atoms with van der Waals surface area (Å²) < 4.78 is 16.0. The number of ether oxygens (including phenoxy) is 3. The van der Waals surface area contributed by atoms with Crippen molar-refractivity contribution in [2.45, 2.75) is 12.5 Å². The van der Waals surface area contributed by atoms with Crippen molar-refractivity contribution in [3.8, 4) is 17.2 Å². The van der Waals surface area contributed by atoms with E-state index in [0.717, 1.165) is 22.6 Å². The lowest BCUT2D eigenvalue weighted by Gasteiger charge is -2.20. The van der Waals surface area contributed by atoms with Gasteiger partial charge in [0.2, 0.25) is 6.79 Å². The van der Waals surface area contributed by atoms with Crippen molar-refractivity contribution in [1.82, 2.24) is 0 Å². The van der Waals surface area contributed by atoms with Crippen molar-refractivity contribution < 1.29 is 19.0 Å². The van der Waals surface area contributed by atoms with E-state index in [4.69, 9.17) is 14.2 Å². The number of hydrogen-bond donors (Lipinski definition) is 0. The lowest BCUT2D eigenvalue weighted by atomic mass is 9.90. The Morgan fingerprint density at radius 3 is 2.65 bits per heavy atom. The molecule has 0 amide bonds. The van der Waals surface area contributed by atoms with Gasteiger partial charge in [-0.15, -0.1) is 0 Å². The van der Waals surface area contributed by atoms with Crippen molar-refractivity contribution in [3.63, 3.8) is 0 Å². The minimum atomic E-state index is -0.540. The molecule has 1 unspecified atom stereocenters. The van der Waals surface area contributed by atoms with Crippen LogP contribution in [0.2, 0.25) is 0 Å². The van der Waals surface area contributed by atoms with Crippen molar-refractivity contribution in [2.24, 2.45) is 4.99 Å². The van der Waals surface area contributed by atoms with Crippen LogP contribution in [-0.4, -0.2) is 25.9 Å². The zero-order valence-corrected chi connectivity index (χ0v) is 12.6. The summed E-state index contributed by atoms with van der Waals surface area (Å²) in [4.78, 5) is 17.2. The first-order valence-electron chi connectivity index (χ1n) is 7.38. The fourth-order valence-corrected chi connectivity index (χ4v) is 2.89. The molecule has 0 bridgehead atoms. The lowest BCUT2D eigenvalue weighted by molar-refractivity contribution is 0.0961. The van der Waals surface area contributed by atoms with Gasteiger partial charge in [0, 0.05) is 18.2 Å². The molecule has 0 radical (unpaired) electrons. The number of methoxy groups -OCH3 is 1. The van der Waals surface area contributed by atoms with Crippen molar-refractivity contribution in [1.29, 1.82) is 0 Å². The number of nitrogens with zero attached hydrogens (tertiary/aromatic N) is 1. The summed E-state index contributed by atoms with van der Waals surface area (Å²) in [6.07, 6.45) is 2.48. The lowest BCUT2D eigenvalue weighted by Crippen LogP contribution is -2.16. The molecule has 116 valence electrons. The Balaban J connectivity index is 1.70. The van der Waals surface area contributed by atoms with Crippen molar-refractivity contribution in [3.05, 3.63) is 53.1 Å². The molecule has 0 aromatic heterocycles. The van der Waals surface area contributed by atoms with Gasteiger partial charge >= 0.3 is 0 Å². The molecule has 23 heavy (non-hydrogen) atoms. The molecule has 2 heterocycles. The van der Waals surface area contributed by atoms with Gasteiger partial charge < -0.3 is 14.2 Å². The third kappa shape index (κ3) is 2.34. The van der Waals surface area contributed by atoms with Gasteiger partial charge in [0.05, 0.1) is 7.11 Å². The number of Topliss-reactive ketones (excluding diaryl/α,β-unsaturated/α-hetero) is 1. The average molecular weight is 309 g/mol. The third-order valence-corrected chi connectivity index (χ3v) is 4.12. The maximum atomic E-state index is 12.8. The fraction of sp³-hybridized carbons (Fsp3) is 0.222. The van der Waals surface area contributed by atoms with Gasteiger partial charge in [0.15, 0.2) is 17.3 Å². The van der Waals surface area contributed by atoms with E-state index >= 15 is 0 Å². The van der Waals surface area contributed by atoms with E-state index in [9.17, 15) is 4.79 Å². The van der Waals surface area contributed by atoms with Crippen molar-refractivity contribution in [2.75, 3.05) is 13.9 Å². The van der Waals surface area contributed by atoms with E-state index in [2.05, 4.69) is 4.99 Å². The third-order valence-electron chi connectivity index (χ3n) is 4.12. The van der Waals surface area contributed by atoms with E-state index in [1.54, 1.807) is 37.6 Å². The number of ketones is 1. The largest absolute Gasteiger partial charge is 0.497 e. The highest BCUT2D eigenvalue weighted by molar-refractivity contribution is 6.02. The fourth-order valence-electron chi connectivity index (χ4n) is 2.89. The van der Waals surface area contributed by atoms with Crippen LogP contribution in [0.4, 0.5) is 0 Å². The molecule has 2 aliphatic heterocycles. The number of rotatable bonds is 3. The second-order valence-electron chi connectivity index (χ2n) is 5.44. The first-order valence-corrected chi connectivity index (χ1v) is 7.38. The van der Waals surface area contributed by atoms with Crippen LogP contribution in [0.15, 0.2) is 41.4 Å². The zero-order chi connectivity index (χ0) is 15.8. The summed E-state index contributed by atoms with van der Waals surface area (Å²) >= 11 is 0. The molecule has 0 N–H and O–H groups in total. The number of fused-ring (bicyclic) bond motifs is 2. The predicted molar refractivity (Wildman–Crippen MR) is 84.8 cm³/mol. The smallest absolute Gasteiger partial charge is 0.231 e. The molecule has 0 spiro atoms. The van der Waals surface area contributed by atoms with Crippen LogP contribution in [-0.2, 0) is 6.42 Å². The number of benzene rings is 2. The van der Waals surface area contributed by atoms with Crippen LogP contribution in [0.3, 0.4) is 0 Å². The van der Waals surface area contributed by atoms with E-state index in [0.29, 0.717) is 17.7 Å². The molecule has 4 rings (SSSR count). The Morgan fingerprint density at radius 2 is 1.91 bits per heavy atom. The number of carbonyl (C=O) groups excluding carboxylic acids is 1. The molecular formula is C18H15NO4. The summed E-state index contributed by atoms with van der Waals surface area (Å²) in [6, 6.07) is 10.4. The molecule has 0 fully saturated rings. The molecule has 2 aromatic rings. The molecule has 5 heteroatoms. The van der Waals surface area contributed by atoms with Gasteiger partial charge in [-0.25, -0.2) is 0 Å². The minimum absolute atomic E-state index is 0.0382. The van der Waals surface area contributed by atoms with Gasteiger partial charge in [0.25, 0.3) is 0 Å². The highest BCUT2D eigenvalue weighted by Gasteiger charge is 2.28. The molecule has 0 saturated heterocycles. The Bertz CT molecular complexity index is 795. The summed E-state index contributed by atoms with van der Waals surface area (Å²) in [5.74, 6) is 2.09. The first-order chi connectivity index (χ1) is 11.3. The second kappa shape index (κ2) is 5.43. The Hall–Kier alpha value is -2.82. The Labute approximate surface area is 133 Å². The summed E-state index contributed by atoms with van der Waals surface area (Å²) in [5, 5.41) is 0. The van der Waals surface area contributed by atoms with E-state index in [-0.39, 0.29) is 12.6 Å². The van der Waals surface area contributed by atoms with Crippen LogP contribution in [0.5, 0.6) is 17.2 Å². The number of hydrogen-bond acceptors (Lipinski definition) is 5. The quantitative estimate of drug-likeness (QED) is 0.818. The first kappa shape index (κ1) is 13.8. The number of aliphatic imine (C=N–C) groups is 1. The minimum Gasteiger partial charge on any atom is -0.497 e. The summed E-state index contributed by atoms with van der Waals surface area (Å²) in [7, 11) is 1.60. The standard InChI is InChI=1S/C18H15NO4/c1-21-13-4-2-11(3-5-13)18(20)17-14-9-16-15(22-10-23-16)8-12(14)6-7-19-17/h2-5,7-9,17H,6,10H2,1H3. The molecular weight excluding hydrogens is 294 g/mol. The summed E-state index contributed by atoms with van der Waals surface area (Å²) in [6.45, 7) is 0.218. The van der Waals surface area contributed by atoms with Crippen LogP contribution in [0, 0.1) is 0 Å². The molecule has 2 aromatic carbocycles. The average Bonchev–Trinajstić information content (AvgIpc) is 3.06. The Morgan fingerprint density at radius 1 is 1.17 bits per heavy atom. The summed E-state index contributed by atoms with van der Waals surface area (Å²) in [5.41, 5.74) is 2.55. The molecule has 5 nitrogen and oxygen atoms in total. The van der Waals surface area contributed by atoms with Gasteiger partial charge in [0.1, 0.15) is 11.8 Å². The number of carbonyl (C=O) groups is 1. The predicted octanol–water partition coefficient (Wildman–Crippen LogP) is 2.97. The normalized spacial score (nSPS) is 17.7. The monoisotopic (exact) mass is 309 g/mol. The topological polar surface area (TPSA) is 57.1 Å². The van der Waals surface area contributed by atoms with E-state index in [1.165, 1.54) is 0 Å².